The summed E-state index contributed by atoms with van der Waals surface area (Å²) in [5.74, 6) is 0. The average Bonchev–Trinajstić information content (AvgIpc) is 2.75. The third-order valence-corrected chi connectivity index (χ3v) is 3.94. The zero-order valence-electron chi connectivity index (χ0n) is 10.2. The van der Waals surface area contributed by atoms with Gasteiger partial charge in [0.15, 0.2) is 0 Å². The molecule has 1 N–H and O–H groups in total. The molecule has 1 atom stereocenters. The quantitative estimate of drug-likeness (QED) is 0.906. The van der Waals surface area contributed by atoms with Gasteiger partial charge in [0.05, 0.1) is 10.4 Å². The summed E-state index contributed by atoms with van der Waals surface area (Å²) in [6.45, 7) is 1.42. The van der Waals surface area contributed by atoms with Crippen molar-refractivity contribution >= 4 is 22.9 Å². The fourth-order valence-corrected chi connectivity index (χ4v) is 3.01. The van der Waals surface area contributed by atoms with Crippen molar-refractivity contribution in [1.29, 1.82) is 0 Å². The van der Waals surface area contributed by atoms with Gasteiger partial charge in [-0.15, -0.1) is 11.3 Å². The number of halogens is 1. The van der Waals surface area contributed by atoms with E-state index in [1.54, 1.807) is 11.3 Å². The van der Waals surface area contributed by atoms with Gasteiger partial charge in [0.2, 0.25) is 0 Å². The normalized spacial score (nSPS) is 12.9. The van der Waals surface area contributed by atoms with E-state index >= 15 is 0 Å². The molecule has 1 aromatic heterocycles. The maximum Gasteiger partial charge on any atom is 0.0931 e. The molecule has 0 fully saturated rings. The molecule has 0 aliphatic heterocycles. The van der Waals surface area contributed by atoms with Gasteiger partial charge in [-0.25, -0.2) is 0 Å². The molecule has 0 bridgehead atoms. The molecule has 1 heterocycles. The van der Waals surface area contributed by atoms with Gasteiger partial charge in [-0.1, -0.05) is 41.9 Å². The Balaban J connectivity index is 1.89. The van der Waals surface area contributed by atoms with Crippen molar-refractivity contribution in [1.82, 2.24) is 4.90 Å². The largest absolute Gasteiger partial charge is 0.387 e. The zero-order chi connectivity index (χ0) is 13.0. The van der Waals surface area contributed by atoms with Crippen molar-refractivity contribution in [3.63, 3.8) is 0 Å². The molecule has 2 nitrogen and oxygen atoms in total. The predicted molar refractivity (Wildman–Crippen MR) is 77.1 cm³/mol. The van der Waals surface area contributed by atoms with Crippen LogP contribution in [0.15, 0.2) is 42.5 Å². The Kier molecular flexibility index (Phi) is 4.78. The number of likely N-dealkylation sites (N-methyl/N-ethyl adjacent to an activating group) is 1. The highest BCUT2D eigenvalue weighted by atomic mass is 35.5. The molecule has 18 heavy (non-hydrogen) atoms. The predicted octanol–water partition coefficient (Wildman–Crippen LogP) is 3.57. The van der Waals surface area contributed by atoms with Crippen LogP contribution in [0, 0.1) is 0 Å². The molecule has 0 saturated heterocycles. The molecular weight excluding hydrogens is 266 g/mol. The lowest BCUT2D eigenvalue weighted by Gasteiger charge is -2.20. The van der Waals surface area contributed by atoms with Gasteiger partial charge in [-0.3, -0.25) is 4.90 Å². The van der Waals surface area contributed by atoms with Crippen LogP contribution in [0.4, 0.5) is 0 Å². The first-order valence-corrected chi connectivity index (χ1v) is 7.00. The smallest absolute Gasteiger partial charge is 0.0931 e. The molecule has 2 rings (SSSR count). The second kappa shape index (κ2) is 6.34. The summed E-state index contributed by atoms with van der Waals surface area (Å²) in [7, 11) is 2.00. The Morgan fingerprint density at radius 2 is 1.94 bits per heavy atom. The van der Waals surface area contributed by atoms with Gasteiger partial charge in [-0.2, -0.15) is 0 Å². The van der Waals surface area contributed by atoms with E-state index in [0.717, 1.165) is 16.4 Å². The fraction of sp³-hybridized carbons (Fsp3) is 0.286. The molecule has 1 unspecified atom stereocenters. The SMILES string of the molecule is CN(Cc1ccc(Cl)s1)CC(O)c1ccccc1. The zero-order valence-corrected chi connectivity index (χ0v) is 11.8. The number of benzene rings is 1. The van der Waals surface area contributed by atoms with Crippen LogP contribution in [0.5, 0.6) is 0 Å². The van der Waals surface area contributed by atoms with Crippen LogP contribution in [0.1, 0.15) is 16.5 Å². The summed E-state index contributed by atoms with van der Waals surface area (Å²) in [5, 5.41) is 10.1. The van der Waals surface area contributed by atoms with Crippen molar-refractivity contribution in [2.24, 2.45) is 0 Å². The number of rotatable bonds is 5. The molecule has 0 saturated carbocycles. The first kappa shape index (κ1) is 13.6. The first-order chi connectivity index (χ1) is 8.65. The maximum absolute atomic E-state index is 10.1. The van der Waals surface area contributed by atoms with Crippen molar-refractivity contribution in [3.05, 3.63) is 57.2 Å². The van der Waals surface area contributed by atoms with Gasteiger partial charge in [0.25, 0.3) is 0 Å². The van der Waals surface area contributed by atoms with Crippen LogP contribution in [0.2, 0.25) is 4.34 Å². The molecule has 96 valence electrons. The number of aliphatic hydroxyl groups excluding tert-OH is 1. The van der Waals surface area contributed by atoms with Gasteiger partial charge in [-0.05, 0) is 24.7 Å². The molecular formula is C14H16ClNOS. The molecule has 0 aliphatic carbocycles. The van der Waals surface area contributed by atoms with Gasteiger partial charge < -0.3 is 5.11 Å². The third kappa shape index (κ3) is 3.82. The molecule has 0 radical (unpaired) electrons. The summed E-state index contributed by atoms with van der Waals surface area (Å²) in [6, 6.07) is 13.7. The average molecular weight is 282 g/mol. The van der Waals surface area contributed by atoms with Crippen LogP contribution in [0.3, 0.4) is 0 Å². The van der Waals surface area contributed by atoms with E-state index in [1.807, 2.05) is 49.5 Å². The van der Waals surface area contributed by atoms with Crippen LogP contribution >= 0.6 is 22.9 Å². The summed E-state index contributed by atoms with van der Waals surface area (Å²) >= 11 is 7.48. The van der Waals surface area contributed by atoms with Crippen molar-refractivity contribution in [2.45, 2.75) is 12.6 Å². The van der Waals surface area contributed by atoms with Crippen LogP contribution in [0.25, 0.3) is 0 Å². The van der Waals surface area contributed by atoms with E-state index in [4.69, 9.17) is 11.6 Å². The highest BCUT2D eigenvalue weighted by Crippen LogP contribution is 2.23. The molecule has 1 aromatic carbocycles. The van der Waals surface area contributed by atoms with Crippen LogP contribution in [-0.4, -0.2) is 23.6 Å². The number of nitrogens with zero attached hydrogens (tertiary/aromatic N) is 1. The van der Waals surface area contributed by atoms with Crippen molar-refractivity contribution in [2.75, 3.05) is 13.6 Å². The standard InChI is InChI=1S/C14H16ClNOS/c1-16(9-12-7-8-14(15)18-12)10-13(17)11-5-3-2-4-6-11/h2-8,13,17H,9-10H2,1H3. The summed E-state index contributed by atoms with van der Waals surface area (Å²) in [5.41, 5.74) is 0.952. The number of hydrogen-bond donors (Lipinski definition) is 1. The first-order valence-electron chi connectivity index (χ1n) is 5.81. The van der Waals surface area contributed by atoms with E-state index in [1.165, 1.54) is 4.88 Å². The van der Waals surface area contributed by atoms with E-state index in [2.05, 4.69) is 4.90 Å². The van der Waals surface area contributed by atoms with Crippen molar-refractivity contribution in [3.8, 4) is 0 Å². The number of aliphatic hydroxyl groups is 1. The Hall–Kier alpha value is -0.870. The minimum Gasteiger partial charge on any atom is -0.387 e. The van der Waals surface area contributed by atoms with E-state index in [9.17, 15) is 5.11 Å². The Bertz CT molecular complexity index is 486. The van der Waals surface area contributed by atoms with E-state index in [0.29, 0.717) is 6.54 Å². The molecule has 4 heteroatoms. The third-order valence-electron chi connectivity index (χ3n) is 2.72. The van der Waals surface area contributed by atoms with Gasteiger partial charge in [0.1, 0.15) is 0 Å². The maximum atomic E-state index is 10.1. The van der Waals surface area contributed by atoms with Crippen molar-refractivity contribution < 1.29 is 5.11 Å². The summed E-state index contributed by atoms with van der Waals surface area (Å²) in [6.07, 6.45) is -0.452. The highest BCUT2D eigenvalue weighted by molar-refractivity contribution is 7.16. The van der Waals surface area contributed by atoms with Gasteiger partial charge >= 0.3 is 0 Å². The minimum atomic E-state index is -0.452. The summed E-state index contributed by atoms with van der Waals surface area (Å²) in [4.78, 5) is 3.31. The van der Waals surface area contributed by atoms with Crippen LogP contribution in [-0.2, 0) is 6.54 Å². The molecule has 0 amide bonds. The second-order valence-electron chi connectivity index (χ2n) is 4.33. The number of thiophene rings is 1. The molecule has 0 spiro atoms. The lowest BCUT2D eigenvalue weighted by atomic mass is 10.1. The highest BCUT2D eigenvalue weighted by Gasteiger charge is 2.11. The minimum absolute atomic E-state index is 0.452. The fourth-order valence-electron chi connectivity index (χ4n) is 1.84. The Morgan fingerprint density at radius 3 is 2.56 bits per heavy atom. The lowest BCUT2D eigenvalue weighted by Crippen LogP contribution is -2.23. The summed E-state index contributed by atoms with van der Waals surface area (Å²) < 4.78 is 0.807. The number of hydrogen-bond acceptors (Lipinski definition) is 3. The molecule has 2 aromatic rings. The van der Waals surface area contributed by atoms with Gasteiger partial charge in [0, 0.05) is 18.0 Å². The molecule has 0 aliphatic rings. The van der Waals surface area contributed by atoms with E-state index < -0.39 is 6.10 Å². The topological polar surface area (TPSA) is 23.5 Å². The van der Waals surface area contributed by atoms with E-state index in [-0.39, 0.29) is 0 Å². The van der Waals surface area contributed by atoms with Crippen LogP contribution < -0.4 is 0 Å². The Morgan fingerprint density at radius 1 is 1.22 bits per heavy atom. The lowest BCUT2D eigenvalue weighted by molar-refractivity contribution is 0.124. The monoisotopic (exact) mass is 281 g/mol. The second-order valence-corrected chi connectivity index (χ2v) is 6.13. The Labute approximate surface area is 116 Å².